The fourth-order valence-corrected chi connectivity index (χ4v) is 5.19. The summed E-state index contributed by atoms with van der Waals surface area (Å²) in [7, 11) is 0. The average Bonchev–Trinajstić information content (AvgIpc) is 3.07. The number of nitrogens with zero attached hydrogens (tertiary/aromatic N) is 1. The van der Waals surface area contributed by atoms with Crippen molar-refractivity contribution < 1.29 is 9.59 Å². The van der Waals surface area contributed by atoms with Crippen LogP contribution in [0.5, 0.6) is 0 Å². The SMILES string of the molecule is O=C1[C@@H]2[C@@H](C(=O)N1c1ccc(Br)cc1)[C@@H]1C=C[C@@H]2C12CC2. The van der Waals surface area contributed by atoms with Gasteiger partial charge < -0.3 is 0 Å². The molecule has 1 saturated heterocycles. The summed E-state index contributed by atoms with van der Waals surface area (Å²) in [5, 5.41) is 0. The van der Waals surface area contributed by atoms with Crippen molar-refractivity contribution >= 4 is 33.4 Å². The smallest absolute Gasteiger partial charge is 0.238 e. The van der Waals surface area contributed by atoms with E-state index in [1.54, 1.807) is 0 Å². The Kier molecular flexibility index (Phi) is 2.12. The Hall–Kier alpha value is -1.42. The summed E-state index contributed by atoms with van der Waals surface area (Å²) in [6, 6.07) is 7.42. The fraction of sp³-hybridized carbons (Fsp3) is 0.412. The van der Waals surface area contributed by atoms with Crippen LogP contribution in [0, 0.1) is 29.1 Å². The van der Waals surface area contributed by atoms with Gasteiger partial charge in [0, 0.05) is 4.47 Å². The third-order valence-corrected chi connectivity index (χ3v) is 6.47. The van der Waals surface area contributed by atoms with Crippen molar-refractivity contribution in [1.29, 1.82) is 0 Å². The van der Waals surface area contributed by atoms with Crippen molar-refractivity contribution in [1.82, 2.24) is 0 Å². The van der Waals surface area contributed by atoms with Crippen LogP contribution in [0.4, 0.5) is 5.69 Å². The zero-order valence-corrected chi connectivity index (χ0v) is 12.9. The first-order valence-corrected chi connectivity index (χ1v) is 8.24. The molecule has 3 nitrogen and oxygen atoms in total. The molecule has 21 heavy (non-hydrogen) atoms. The van der Waals surface area contributed by atoms with Gasteiger partial charge in [-0.1, -0.05) is 28.1 Å². The Bertz CT molecular complexity index is 670. The minimum atomic E-state index is -0.112. The summed E-state index contributed by atoms with van der Waals surface area (Å²) >= 11 is 3.39. The van der Waals surface area contributed by atoms with E-state index in [2.05, 4.69) is 28.1 Å². The van der Waals surface area contributed by atoms with E-state index in [0.717, 1.165) is 4.47 Å². The first-order chi connectivity index (χ1) is 10.1. The molecule has 2 bridgehead atoms. The number of halogens is 1. The maximum atomic E-state index is 12.8. The summed E-state index contributed by atoms with van der Waals surface area (Å²) in [6.45, 7) is 0. The standard InChI is InChI=1S/C17H14BrNO2/c18-9-1-3-10(4-2-9)19-15(20)13-11-5-6-12(14(13)16(19)21)17(11)7-8-17/h1-6,11-14H,7-8H2/t11-,12-,13-,14-/m0/s1. The maximum absolute atomic E-state index is 12.8. The number of anilines is 1. The molecule has 1 aromatic rings. The lowest BCUT2D eigenvalue weighted by Gasteiger charge is -2.21. The van der Waals surface area contributed by atoms with Gasteiger partial charge >= 0.3 is 0 Å². The van der Waals surface area contributed by atoms with Gasteiger partial charge in [0.1, 0.15) is 0 Å². The molecule has 1 aromatic carbocycles. The highest BCUT2D eigenvalue weighted by atomic mass is 79.9. The largest absolute Gasteiger partial charge is 0.274 e. The molecule has 1 spiro atoms. The Morgan fingerprint density at radius 2 is 1.48 bits per heavy atom. The minimum absolute atomic E-state index is 0.00967. The first kappa shape index (κ1) is 12.2. The number of hydrogen-bond acceptors (Lipinski definition) is 2. The van der Waals surface area contributed by atoms with Gasteiger partial charge in [0.2, 0.25) is 11.8 Å². The van der Waals surface area contributed by atoms with Gasteiger partial charge in [-0.15, -0.1) is 0 Å². The zero-order valence-electron chi connectivity index (χ0n) is 11.3. The van der Waals surface area contributed by atoms with Gasteiger partial charge in [0.05, 0.1) is 17.5 Å². The van der Waals surface area contributed by atoms with Crippen LogP contribution in [-0.4, -0.2) is 11.8 Å². The predicted octanol–water partition coefficient (Wildman–Crippen LogP) is 3.15. The van der Waals surface area contributed by atoms with Crippen LogP contribution in [-0.2, 0) is 9.59 Å². The van der Waals surface area contributed by atoms with Crippen molar-refractivity contribution in [3.05, 3.63) is 40.9 Å². The topological polar surface area (TPSA) is 37.4 Å². The van der Waals surface area contributed by atoms with Gasteiger partial charge in [-0.05, 0) is 54.4 Å². The summed E-state index contributed by atoms with van der Waals surface area (Å²) in [6.07, 6.45) is 6.77. The first-order valence-electron chi connectivity index (χ1n) is 7.45. The molecule has 3 aliphatic carbocycles. The molecule has 0 unspecified atom stereocenters. The summed E-state index contributed by atoms with van der Waals surface area (Å²) in [5.41, 5.74) is 0.971. The van der Waals surface area contributed by atoms with Gasteiger partial charge in [-0.2, -0.15) is 0 Å². The molecule has 0 aromatic heterocycles. The molecule has 2 saturated carbocycles. The van der Waals surface area contributed by atoms with Gasteiger partial charge in [0.25, 0.3) is 0 Å². The molecule has 4 heteroatoms. The summed E-state index contributed by atoms with van der Waals surface area (Å²) in [4.78, 5) is 27.1. The highest BCUT2D eigenvalue weighted by Gasteiger charge is 2.73. The third-order valence-electron chi connectivity index (χ3n) is 5.94. The van der Waals surface area contributed by atoms with Crippen LogP contribution < -0.4 is 4.90 Å². The number of allylic oxidation sites excluding steroid dienone is 2. The molecule has 2 amide bonds. The molecule has 3 fully saturated rings. The van der Waals surface area contributed by atoms with E-state index < -0.39 is 0 Å². The number of imide groups is 1. The van der Waals surface area contributed by atoms with E-state index in [4.69, 9.17) is 0 Å². The minimum Gasteiger partial charge on any atom is -0.274 e. The number of carbonyl (C=O) groups excluding carboxylic acids is 2. The number of carbonyl (C=O) groups is 2. The van der Waals surface area contributed by atoms with Gasteiger partial charge in [-0.25, -0.2) is 0 Å². The monoisotopic (exact) mass is 343 g/mol. The molecule has 106 valence electrons. The van der Waals surface area contributed by atoms with E-state index in [9.17, 15) is 9.59 Å². The lowest BCUT2D eigenvalue weighted by molar-refractivity contribution is -0.123. The van der Waals surface area contributed by atoms with Crippen molar-refractivity contribution in [3.63, 3.8) is 0 Å². The van der Waals surface area contributed by atoms with Crippen molar-refractivity contribution in [3.8, 4) is 0 Å². The molecule has 1 aliphatic heterocycles. The van der Waals surface area contributed by atoms with E-state index in [-0.39, 0.29) is 29.1 Å². The quantitative estimate of drug-likeness (QED) is 0.580. The molecule has 0 radical (unpaired) electrons. The number of amides is 2. The van der Waals surface area contributed by atoms with E-state index in [0.29, 0.717) is 17.5 Å². The Morgan fingerprint density at radius 3 is 1.95 bits per heavy atom. The molecule has 4 aliphatic rings. The number of hydrogen-bond donors (Lipinski definition) is 0. The van der Waals surface area contributed by atoms with Crippen LogP contribution in [0.25, 0.3) is 0 Å². The highest BCUT2D eigenvalue weighted by Crippen LogP contribution is 2.73. The number of rotatable bonds is 1. The lowest BCUT2D eigenvalue weighted by Crippen LogP contribution is -2.34. The van der Waals surface area contributed by atoms with Crippen LogP contribution in [0.2, 0.25) is 0 Å². The molecule has 5 rings (SSSR count). The van der Waals surface area contributed by atoms with E-state index in [1.165, 1.54) is 17.7 Å². The second-order valence-electron chi connectivity index (χ2n) is 6.71. The van der Waals surface area contributed by atoms with Crippen molar-refractivity contribution in [2.24, 2.45) is 29.1 Å². The van der Waals surface area contributed by atoms with E-state index in [1.807, 2.05) is 24.3 Å². The molecule has 0 N–H and O–H groups in total. The molecular formula is C17H14BrNO2. The Morgan fingerprint density at radius 1 is 0.952 bits per heavy atom. The average molecular weight is 344 g/mol. The van der Waals surface area contributed by atoms with Crippen molar-refractivity contribution in [2.75, 3.05) is 4.90 Å². The fourth-order valence-electron chi connectivity index (χ4n) is 4.92. The van der Waals surface area contributed by atoms with Crippen LogP contribution in [0.1, 0.15) is 12.8 Å². The third kappa shape index (κ3) is 1.30. The van der Waals surface area contributed by atoms with Crippen LogP contribution in [0.15, 0.2) is 40.9 Å². The highest BCUT2D eigenvalue weighted by molar-refractivity contribution is 9.10. The zero-order chi connectivity index (χ0) is 14.4. The Labute approximate surface area is 131 Å². The van der Waals surface area contributed by atoms with Crippen LogP contribution >= 0.6 is 15.9 Å². The van der Waals surface area contributed by atoms with E-state index >= 15 is 0 Å². The lowest BCUT2D eigenvalue weighted by atomic mass is 9.85. The van der Waals surface area contributed by atoms with Gasteiger partial charge in [0.15, 0.2) is 0 Å². The second kappa shape index (κ2) is 3.67. The predicted molar refractivity (Wildman–Crippen MR) is 81.4 cm³/mol. The van der Waals surface area contributed by atoms with Gasteiger partial charge in [-0.3, -0.25) is 14.5 Å². The Balaban J connectivity index is 1.57. The maximum Gasteiger partial charge on any atom is 0.238 e. The van der Waals surface area contributed by atoms with Crippen molar-refractivity contribution in [2.45, 2.75) is 12.8 Å². The summed E-state index contributed by atoms with van der Waals surface area (Å²) < 4.78 is 0.948. The number of benzene rings is 1. The second-order valence-corrected chi connectivity index (χ2v) is 7.63. The molecule has 1 heterocycles. The number of fused-ring (bicyclic) bond motifs is 3. The molecule has 4 atom stereocenters. The summed E-state index contributed by atoms with van der Waals surface area (Å²) in [5.74, 6) is 0.386. The van der Waals surface area contributed by atoms with Crippen LogP contribution in [0.3, 0.4) is 0 Å². The normalized spacial score (nSPS) is 37.7. The molecular weight excluding hydrogens is 330 g/mol.